The highest BCUT2D eigenvalue weighted by molar-refractivity contribution is 6.10. The molecule has 2 aromatic carbocycles. The fraction of sp³-hybridized carbons (Fsp3) is 0.154. The summed E-state index contributed by atoms with van der Waals surface area (Å²) in [5.74, 6) is -0.0610. The minimum absolute atomic E-state index is 0.116. The molecular formula is C26H23N3O3. The number of anilines is 1. The van der Waals surface area contributed by atoms with Gasteiger partial charge in [0.25, 0.3) is 0 Å². The van der Waals surface area contributed by atoms with E-state index >= 15 is 0 Å². The van der Waals surface area contributed by atoms with Crippen molar-refractivity contribution in [1.29, 1.82) is 0 Å². The molecule has 2 aromatic heterocycles. The molecule has 0 atom stereocenters. The summed E-state index contributed by atoms with van der Waals surface area (Å²) < 4.78 is 1.85. The number of fused-ring (bicyclic) bond motifs is 1. The van der Waals surface area contributed by atoms with Crippen LogP contribution in [0.25, 0.3) is 10.9 Å². The Bertz CT molecular complexity index is 1420. The van der Waals surface area contributed by atoms with Gasteiger partial charge in [-0.1, -0.05) is 30.3 Å². The van der Waals surface area contributed by atoms with Crippen molar-refractivity contribution in [1.82, 2.24) is 9.55 Å². The summed E-state index contributed by atoms with van der Waals surface area (Å²) in [6.07, 6.45) is 1.61. The molecule has 6 nitrogen and oxygen atoms in total. The molecule has 0 bridgehead atoms. The maximum absolute atomic E-state index is 13.3. The zero-order valence-corrected chi connectivity index (χ0v) is 18.2. The van der Waals surface area contributed by atoms with E-state index in [-0.39, 0.29) is 22.7 Å². The number of aryl methyl sites for hydroxylation is 2. The third kappa shape index (κ3) is 4.21. The van der Waals surface area contributed by atoms with Gasteiger partial charge in [0, 0.05) is 24.1 Å². The number of nitrogens with zero attached hydrogens (tertiary/aromatic N) is 2. The molecule has 0 aliphatic carbocycles. The minimum Gasteiger partial charge on any atom is -0.340 e. The molecule has 0 fully saturated rings. The molecule has 160 valence electrons. The van der Waals surface area contributed by atoms with Gasteiger partial charge in [0.15, 0.2) is 5.78 Å². The summed E-state index contributed by atoms with van der Waals surface area (Å²) >= 11 is 0. The second-order valence-electron chi connectivity index (χ2n) is 7.84. The Morgan fingerprint density at radius 3 is 2.50 bits per heavy atom. The van der Waals surface area contributed by atoms with Crippen molar-refractivity contribution in [2.45, 2.75) is 27.3 Å². The molecule has 6 heteroatoms. The van der Waals surface area contributed by atoms with Crippen LogP contribution in [0.3, 0.4) is 0 Å². The topological polar surface area (TPSA) is 81.1 Å². The first-order chi connectivity index (χ1) is 15.3. The zero-order valence-electron chi connectivity index (χ0n) is 18.2. The summed E-state index contributed by atoms with van der Waals surface area (Å²) in [6, 6.07) is 18.0. The van der Waals surface area contributed by atoms with E-state index in [1.54, 1.807) is 36.5 Å². The van der Waals surface area contributed by atoms with Crippen LogP contribution in [0.15, 0.2) is 71.7 Å². The number of aromatic nitrogens is 2. The smallest absolute Gasteiger partial charge is 0.222 e. The number of nitrogens with one attached hydrogen (secondary N) is 1. The number of carbonyl (C=O) groups is 2. The largest absolute Gasteiger partial charge is 0.340 e. The van der Waals surface area contributed by atoms with E-state index in [1.165, 1.54) is 6.92 Å². The van der Waals surface area contributed by atoms with Crippen molar-refractivity contribution in [2.75, 3.05) is 5.32 Å². The normalized spacial score (nSPS) is 10.8. The molecular weight excluding hydrogens is 402 g/mol. The van der Waals surface area contributed by atoms with Gasteiger partial charge in [0.2, 0.25) is 11.3 Å². The first-order valence-corrected chi connectivity index (χ1v) is 10.3. The highest BCUT2D eigenvalue weighted by atomic mass is 16.1. The molecule has 2 heterocycles. The molecule has 1 N–H and O–H groups in total. The third-order valence-corrected chi connectivity index (χ3v) is 5.44. The molecule has 0 aliphatic heterocycles. The van der Waals surface area contributed by atoms with Crippen LogP contribution in [0.2, 0.25) is 0 Å². The Morgan fingerprint density at radius 1 is 0.969 bits per heavy atom. The molecule has 32 heavy (non-hydrogen) atoms. The third-order valence-electron chi connectivity index (χ3n) is 5.44. The van der Waals surface area contributed by atoms with Gasteiger partial charge in [-0.25, -0.2) is 4.98 Å². The molecule has 0 radical (unpaired) electrons. The first kappa shape index (κ1) is 21.2. The lowest BCUT2D eigenvalue weighted by molar-refractivity contribution is -0.114. The highest BCUT2D eigenvalue weighted by Crippen LogP contribution is 2.18. The van der Waals surface area contributed by atoms with Gasteiger partial charge in [-0.3, -0.25) is 14.4 Å². The van der Waals surface area contributed by atoms with E-state index in [0.717, 1.165) is 11.1 Å². The SMILES string of the molecule is CC(=O)Nc1cccc(Cn2cc(C(=O)c3ccc(C)c(C)c3)c(=O)c3ccccc32)n1. The quantitative estimate of drug-likeness (QED) is 0.485. The van der Waals surface area contributed by atoms with Crippen LogP contribution in [0.4, 0.5) is 5.82 Å². The van der Waals surface area contributed by atoms with Gasteiger partial charge in [0.1, 0.15) is 5.82 Å². The van der Waals surface area contributed by atoms with Crippen LogP contribution in [0.1, 0.15) is 39.7 Å². The zero-order chi connectivity index (χ0) is 22.8. The lowest BCUT2D eigenvalue weighted by atomic mass is 9.99. The predicted octanol–water partition coefficient (Wildman–Crippen LogP) is 4.25. The number of hydrogen-bond acceptors (Lipinski definition) is 4. The van der Waals surface area contributed by atoms with Gasteiger partial charge >= 0.3 is 0 Å². The van der Waals surface area contributed by atoms with E-state index in [1.807, 2.05) is 48.7 Å². The van der Waals surface area contributed by atoms with Crippen LogP contribution in [0.5, 0.6) is 0 Å². The van der Waals surface area contributed by atoms with Gasteiger partial charge in [-0.15, -0.1) is 0 Å². The lowest BCUT2D eigenvalue weighted by Gasteiger charge is -2.14. The van der Waals surface area contributed by atoms with E-state index < -0.39 is 0 Å². The maximum Gasteiger partial charge on any atom is 0.222 e. The number of pyridine rings is 2. The number of carbonyl (C=O) groups excluding carboxylic acids is 2. The van der Waals surface area contributed by atoms with Crippen molar-refractivity contribution in [3.8, 4) is 0 Å². The molecule has 0 aliphatic rings. The van der Waals surface area contributed by atoms with Crippen molar-refractivity contribution >= 4 is 28.4 Å². The van der Waals surface area contributed by atoms with E-state index in [2.05, 4.69) is 10.3 Å². The monoisotopic (exact) mass is 425 g/mol. The Morgan fingerprint density at radius 2 is 1.75 bits per heavy atom. The molecule has 0 saturated heterocycles. The van der Waals surface area contributed by atoms with Crippen molar-refractivity contribution in [3.05, 3.63) is 105 Å². The number of amides is 1. The molecule has 1 amide bonds. The van der Waals surface area contributed by atoms with Crippen LogP contribution in [-0.2, 0) is 11.3 Å². The standard InChI is InChI=1S/C26H23N3O3/c1-16-11-12-19(13-17(16)2)25(31)22-15-29(23-9-5-4-8-21(23)26(22)32)14-20-7-6-10-24(28-20)27-18(3)30/h4-13,15H,14H2,1-3H3,(H,27,28,30). The Kier molecular flexibility index (Phi) is 5.69. The number of benzene rings is 2. The van der Waals surface area contributed by atoms with Crippen LogP contribution in [-0.4, -0.2) is 21.2 Å². The van der Waals surface area contributed by atoms with Gasteiger partial charge in [-0.05, 0) is 55.3 Å². The predicted molar refractivity (Wildman–Crippen MR) is 125 cm³/mol. The number of ketones is 1. The second-order valence-corrected chi connectivity index (χ2v) is 7.84. The van der Waals surface area contributed by atoms with Gasteiger partial charge in [0.05, 0.1) is 23.3 Å². The molecule has 4 rings (SSSR count). The van der Waals surface area contributed by atoms with Gasteiger partial charge in [-0.2, -0.15) is 0 Å². The summed E-state index contributed by atoms with van der Waals surface area (Å²) in [5, 5.41) is 3.15. The average molecular weight is 425 g/mol. The van der Waals surface area contributed by atoms with Crippen LogP contribution < -0.4 is 10.7 Å². The fourth-order valence-electron chi connectivity index (χ4n) is 3.67. The average Bonchev–Trinajstić information content (AvgIpc) is 2.77. The first-order valence-electron chi connectivity index (χ1n) is 10.3. The fourth-order valence-corrected chi connectivity index (χ4v) is 3.67. The summed E-state index contributed by atoms with van der Waals surface area (Å²) in [5.41, 5.74) is 3.79. The minimum atomic E-state index is -0.308. The van der Waals surface area contributed by atoms with E-state index in [9.17, 15) is 14.4 Å². The number of para-hydroxylation sites is 1. The number of hydrogen-bond donors (Lipinski definition) is 1. The molecule has 0 unspecified atom stereocenters. The number of rotatable bonds is 5. The maximum atomic E-state index is 13.3. The van der Waals surface area contributed by atoms with Gasteiger partial charge < -0.3 is 9.88 Å². The van der Waals surface area contributed by atoms with E-state index in [4.69, 9.17) is 0 Å². The van der Waals surface area contributed by atoms with Crippen molar-refractivity contribution in [2.24, 2.45) is 0 Å². The second kappa shape index (κ2) is 8.59. The Balaban J connectivity index is 1.82. The Hall–Kier alpha value is -4.06. The van der Waals surface area contributed by atoms with Crippen LogP contribution >= 0.6 is 0 Å². The lowest BCUT2D eigenvalue weighted by Crippen LogP contribution is -2.20. The molecule has 0 spiro atoms. The van der Waals surface area contributed by atoms with Crippen molar-refractivity contribution < 1.29 is 9.59 Å². The molecule has 0 saturated carbocycles. The van der Waals surface area contributed by atoms with Crippen molar-refractivity contribution in [3.63, 3.8) is 0 Å². The molecule has 4 aromatic rings. The summed E-state index contributed by atoms with van der Waals surface area (Å²) in [4.78, 5) is 42.3. The van der Waals surface area contributed by atoms with Crippen LogP contribution in [0, 0.1) is 13.8 Å². The Labute approximate surface area is 185 Å². The summed E-state index contributed by atoms with van der Waals surface area (Å²) in [7, 11) is 0. The highest BCUT2D eigenvalue weighted by Gasteiger charge is 2.18. The van der Waals surface area contributed by atoms with E-state index in [0.29, 0.717) is 34.5 Å². The summed E-state index contributed by atoms with van der Waals surface area (Å²) in [6.45, 7) is 5.68.